The number of thioether (sulfide) groups is 1. The van der Waals surface area contributed by atoms with Gasteiger partial charge in [0.25, 0.3) is 0 Å². The highest BCUT2D eigenvalue weighted by molar-refractivity contribution is 7.98. The van der Waals surface area contributed by atoms with Gasteiger partial charge >= 0.3 is 0 Å². The number of nitrogens with zero attached hydrogens (tertiary/aromatic N) is 1. The van der Waals surface area contributed by atoms with E-state index < -0.39 is 0 Å². The Balaban J connectivity index is 2.21. The Hall–Kier alpha value is -0.690. The van der Waals surface area contributed by atoms with E-state index in [1.54, 1.807) is 11.8 Å². The van der Waals surface area contributed by atoms with Gasteiger partial charge in [-0.25, -0.2) is 0 Å². The lowest BCUT2D eigenvalue weighted by Crippen LogP contribution is -2.35. The summed E-state index contributed by atoms with van der Waals surface area (Å²) >= 11 is 1.64. The highest BCUT2D eigenvalue weighted by Crippen LogP contribution is 2.32. The van der Waals surface area contributed by atoms with Gasteiger partial charge in [-0.3, -0.25) is 4.79 Å². The maximum atomic E-state index is 11.2. The quantitative estimate of drug-likeness (QED) is 0.721. The lowest BCUT2D eigenvalue weighted by Gasteiger charge is -2.09. The third-order valence-electron chi connectivity index (χ3n) is 2.08. The Morgan fingerprint density at radius 3 is 2.92 bits per heavy atom. The summed E-state index contributed by atoms with van der Waals surface area (Å²) in [5.41, 5.74) is 0. The van der Waals surface area contributed by atoms with Crippen molar-refractivity contribution in [1.29, 1.82) is 5.26 Å². The SMILES string of the molecule is CSCCC(=O)NC(C#N)C1CC1. The molecule has 0 saturated heterocycles. The molecule has 0 aromatic heterocycles. The van der Waals surface area contributed by atoms with E-state index in [0.29, 0.717) is 12.3 Å². The van der Waals surface area contributed by atoms with Crippen molar-refractivity contribution in [3.8, 4) is 6.07 Å². The molecule has 1 N–H and O–H groups in total. The molecule has 0 radical (unpaired) electrons. The van der Waals surface area contributed by atoms with Gasteiger partial charge in [0.2, 0.25) is 5.91 Å². The molecule has 72 valence electrons. The Morgan fingerprint density at radius 2 is 2.46 bits per heavy atom. The van der Waals surface area contributed by atoms with Crippen molar-refractivity contribution < 1.29 is 4.79 Å². The molecule has 1 saturated carbocycles. The van der Waals surface area contributed by atoms with Crippen LogP contribution in [0.25, 0.3) is 0 Å². The molecule has 1 rings (SSSR count). The van der Waals surface area contributed by atoms with E-state index in [1.807, 2.05) is 6.26 Å². The van der Waals surface area contributed by atoms with E-state index in [4.69, 9.17) is 5.26 Å². The van der Waals surface area contributed by atoms with E-state index in [1.165, 1.54) is 0 Å². The Kier molecular flexibility index (Phi) is 4.10. The van der Waals surface area contributed by atoms with Gasteiger partial charge in [0.05, 0.1) is 6.07 Å². The van der Waals surface area contributed by atoms with Crippen LogP contribution in [0.2, 0.25) is 0 Å². The Labute approximate surface area is 82.9 Å². The molecule has 0 aromatic rings. The molecule has 4 heteroatoms. The van der Waals surface area contributed by atoms with Gasteiger partial charge in [-0.15, -0.1) is 0 Å². The summed E-state index contributed by atoms with van der Waals surface area (Å²) in [6, 6.07) is 1.89. The van der Waals surface area contributed by atoms with Gasteiger partial charge in [-0.05, 0) is 25.0 Å². The molecule has 3 nitrogen and oxygen atoms in total. The zero-order valence-electron chi connectivity index (χ0n) is 7.75. The van der Waals surface area contributed by atoms with Crippen LogP contribution in [-0.4, -0.2) is 24.0 Å². The van der Waals surface area contributed by atoms with Crippen LogP contribution < -0.4 is 5.32 Å². The molecule has 0 heterocycles. The topological polar surface area (TPSA) is 52.9 Å². The molecule has 1 aliphatic carbocycles. The number of nitriles is 1. The maximum absolute atomic E-state index is 11.2. The normalized spacial score (nSPS) is 17.5. The minimum Gasteiger partial charge on any atom is -0.340 e. The van der Waals surface area contributed by atoms with Gasteiger partial charge in [-0.2, -0.15) is 17.0 Å². The predicted molar refractivity (Wildman–Crippen MR) is 53.3 cm³/mol. The van der Waals surface area contributed by atoms with Crippen molar-refractivity contribution in [2.24, 2.45) is 5.92 Å². The largest absolute Gasteiger partial charge is 0.340 e. The number of hydrogen-bond donors (Lipinski definition) is 1. The second-order valence-electron chi connectivity index (χ2n) is 3.25. The highest BCUT2D eigenvalue weighted by atomic mass is 32.2. The van der Waals surface area contributed by atoms with Gasteiger partial charge in [0.1, 0.15) is 6.04 Å². The van der Waals surface area contributed by atoms with Crippen LogP contribution in [0.5, 0.6) is 0 Å². The fourth-order valence-corrected chi connectivity index (χ4v) is 1.51. The zero-order chi connectivity index (χ0) is 9.68. The molecule has 1 fully saturated rings. The van der Waals surface area contributed by atoms with E-state index >= 15 is 0 Å². The third kappa shape index (κ3) is 3.69. The lowest BCUT2D eigenvalue weighted by atomic mass is 10.2. The minimum absolute atomic E-state index is 0.00722. The summed E-state index contributed by atoms with van der Waals surface area (Å²) in [5.74, 6) is 1.25. The molecule has 1 aliphatic rings. The number of carbonyl (C=O) groups excluding carboxylic acids is 1. The number of carbonyl (C=O) groups is 1. The number of amides is 1. The third-order valence-corrected chi connectivity index (χ3v) is 2.69. The minimum atomic E-state index is -0.241. The van der Waals surface area contributed by atoms with E-state index in [0.717, 1.165) is 18.6 Å². The molecule has 1 amide bonds. The number of hydrogen-bond acceptors (Lipinski definition) is 3. The summed E-state index contributed by atoms with van der Waals surface area (Å²) in [6.45, 7) is 0. The standard InChI is InChI=1S/C9H14N2OS/c1-13-5-4-9(12)11-8(6-10)7-2-3-7/h7-8H,2-5H2,1H3,(H,11,12). The molecule has 0 aromatic carbocycles. The van der Waals surface area contributed by atoms with Gasteiger partial charge in [0.15, 0.2) is 0 Å². The monoisotopic (exact) mass is 198 g/mol. The second-order valence-corrected chi connectivity index (χ2v) is 4.24. The number of rotatable bonds is 5. The fourth-order valence-electron chi connectivity index (χ4n) is 1.13. The zero-order valence-corrected chi connectivity index (χ0v) is 8.56. The molecule has 1 atom stereocenters. The smallest absolute Gasteiger partial charge is 0.221 e. The van der Waals surface area contributed by atoms with E-state index in [-0.39, 0.29) is 11.9 Å². The van der Waals surface area contributed by atoms with E-state index in [2.05, 4.69) is 11.4 Å². The summed E-state index contributed by atoms with van der Waals surface area (Å²) in [7, 11) is 0. The van der Waals surface area contributed by atoms with Crippen molar-refractivity contribution in [2.75, 3.05) is 12.0 Å². The molecular formula is C9H14N2OS. The first kappa shape index (κ1) is 10.4. The first-order valence-corrected chi connectivity index (χ1v) is 5.85. The Morgan fingerprint density at radius 1 is 1.77 bits per heavy atom. The molecular weight excluding hydrogens is 184 g/mol. The van der Waals surface area contributed by atoms with Gasteiger partial charge < -0.3 is 5.32 Å². The lowest BCUT2D eigenvalue weighted by molar-refractivity contribution is -0.121. The van der Waals surface area contributed by atoms with Crippen LogP contribution >= 0.6 is 11.8 Å². The Bertz CT molecular complexity index is 220. The van der Waals surface area contributed by atoms with Crippen LogP contribution in [0.4, 0.5) is 0 Å². The van der Waals surface area contributed by atoms with Crippen LogP contribution in [0.3, 0.4) is 0 Å². The summed E-state index contributed by atoms with van der Waals surface area (Å²) < 4.78 is 0. The second kappa shape index (κ2) is 5.13. The number of nitrogens with one attached hydrogen (secondary N) is 1. The summed E-state index contributed by atoms with van der Waals surface area (Å²) in [4.78, 5) is 11.2. The average molecular weight is 198 g/mol. The summed E-state index contributed by atoms with van der Waals surface area (Å²) in [6.07, 6.45) is 4.66. The fraction of sp³-hybridized carbons (Fsp3) is 0.778. The van der Waals surface area contributed by atoms with Crippen molar-refractivity contribution in [3.05, 3.63) is 0 Å². The first-order valence-electron chi connectivity index (χ1n) is 4.46. The molecule has 1 unspecified atom stereocenters. The predicted octanol–water partition coefficient (Wildman–Crippen LogP) is 1.16. The van der Waals surface area contributed by atoms with Crippen molar-refractivity contribution in [2.45, 2.75) is 25.3 Å². The van der Waals surface area contributed by atoms with Gasteiger partial charge in [0, 0.05) is 12.2 Å². The highest BCUT2D eigenvalue weighted by Gasteiger charge is 2.31. The average Bonchev–Trinajstić information content (AvgIpc) is 2.94. The van der Waals surface area contributed by atoms with Crippen molar-refractivity contribution in [1.82, 2.24) is 5.32 Å². The molecule has 0 aliphatic heterocycles. The van der Waals surface area contributed by atoms with Crippen LogP contribution in [0.15, 0.2) is 0 Å². The maximum Gasteiger partial charge on any atom is 0.221 e. The van der Waals surface area contributed by atoms with Crippen molar-refractivity contribution in [3.63, 3.8) is 0 Å². The first-order chi connectivity index (χ1) is 6.27. The molecule has 0 spiro atoms. The van der Waals surface area contributed by atoms with Gasteiger partial charge in [-0.1, -0.05) is 0 Å². The van der Waals surface area contributed by atoms with Crippen molar-refractivity contribution >= 4 is 17.7 Å². The van der Waals surface area contributed by atoms with E-state index in [9.17, 15) is 4.79 Å². The molecule has 13 heavy (non-hydrogen) atoms. The van der Waals surface area contributed by atoms with Crippen LogP contribution in [0.1, 0.15) is 19.3 Å². The molecule has 0 bridgehead atoms. The van der Waals surface area contributed by atoms with Crippen LogP contribution in [0, 0.1) is 17.2 Å². The summed E-state index contributed by atoms with van der Waals surface area (Å²) in [5, 5.41) is 11.5. The van der Waals surface area contributed by atoms with Crippen LogP contribution in [-0.2, 0) is 4.79 Å².